The van der Waals surface area contributed by atoms with Gasteiger partial charge in [0.05, 0.1) is 6.04 Å². The fourth-order valence-electron chi connectivity index (χ4n) is 3.03. The summed E-state index contributed by atoms with van der Waals surface area (Å²) in [5.74, 6) is 0.286. The fraction of sp³-hybridized carbons (Fsp3) is 0.611. The van der Waals surface area contributed by atoms with Gasteiger partial charge in [-0.25, -0.2) is 4.79 Å². The number of hydrogen-bond donors (Lipinski definition) is 3. The third-order valence-corrected chi connectivity index (χ3v) is 4.45. The van der Waals surface area contributed by atoms with Gasteiger partial charge in [0.2, 0.25) is 0 Å². The van der Waals surface area contributed by atoms with Gasteiger partial charge in [-0.1, -0.05) is 37.3 Å². The maximum Gasteiger partial charge on any atom is 0.314 e. The molecule has 1 fully saturated rings. The van der Waals surface area contributed by atoms with Crippen LogP contribution in [0, 0.1) is 5.92 Å². The molecule has 0 aromatic heterocycles. The number of likely N-dealkylation sites (tertiary alicyclic amines) is 1. The molecule has 0 spiro atoms. The second kappa shape index (κ2) is 9.53. The number of rotatable bonds is 8. The van der Waals surface area contributed by atoms with Crippen molar-refractivity contribution in [1.29, 1.82) is 0 Å². The average molecular weight is 319 g/mol. The van der Waals surface area contributed by atoms with E-state index >= 15 is 0 Å². The first-order valence-electron chi connectivity index (χ1n) is 8.62. The lowest BCUT2D eigenvalue weighted by molar-refractivity contribution is 0.217. The second-order valence-corrected chi connectivity index (χ2v) is 6.38. The highest BCUT2D eigenvalue weighted by Crippen LogP contribution is 2.24. The summed E-state index contributed by atoms with van der Waals surface area (Å²) in [6.45, 7) is 5.58. The number of aliphatic hydroxyl groups is 1. The Bertz CT molecular complexity index is 461. The van der Waals surface area contributed by atoms with Crippen LogP contribution in [0.3, 0.4) is 0 Å². The quantitative estimate of drug-likeness (QED) is 0.688. The first-order valence-corrected chi connectivity index (χ1v) is 8.62. The molecule has 1 aromatic rings. The Balaban J connectivity index is 1.85. The van der Waals surface area contributed by atoms with Crippen LogP contribution in [0.2, 0.25) is 0 Å². The molecule has 1 heterocycles. The van der Waals surface area contributed by atoms with Gasteiger partial charge in [0, 0.05) is 19.7 Å². The molecule has 5 nitrogen and oxygen atoms in total. The lowest BCUT2D eigenvalue weighted by Crippen LogP contribution is -2.42. The molecular formula is C18H29N3O2. The van der Waals surface area contributed by atoms with Crippen molar-refractivity contribution >= 4 is 6.03 Å². The van der Waals surface area contributed by atoms with E-state index in [9.17, 15) is 4.79 Å². The Morgan fingerprint density at radius 3 is 2.48 bits per heavy atom. The van der Waals surface area contributed by atoms with E-state index in [1.54, 1.807) is 0 Å². The Kier molecular flexibility index (Phi) is 7.36. The molecule has 0 bridgehead atoms. The third-order valence-electron chi connectivity index (χ3n) is 4.45. The Morgan fingerprint density at radius 2 is 1.83 bits per heavy atom. The van der Waals surface area contributed by atoms with E-state index in [0.29, 0.717) is 19.5 Å². The minimum absolute atomic E-state index is 0.130. The lowest BCUT2D eigenvalue weighted by Gasteiger charge is -2.28. The summed E-state index contributed by atoms with van der Waals surface area (Å²) in [6.07, 6.45) is 3.17. The summed E-state index contributed by atoms with van der Waals surface area (Å²) in [6, 6.07) is 10.5. The second-order valence-electron chi connectivity index (χ2n) is 6.38. The first-order chi connectivity index (χ1) is 11.2. The number of carbonyl (C=O) groups excluding carboxylic acids is 1. The molecule has 2 unspecified atom stereocenters. The van der Waals surface area contributed by atoms with Crippen LogP contribution in [-0.4, -0.2) is 48.8 Å². The summed E-state index contributed by atoms with van der Waals surface area (Å²) < 4.78 is 0. The normalized spacial score (nSPS) is 17.7. The molecular weight excluding hydrogens is 290 g/mol. The molecule has 128 valence electrons. The van der Waals surface area contributed by atoms with Gasteiger partial charge in [-0.05, 0) is 43.8 Å². The van der Waals surface area contributed by atoms with Crippen LogP contribution in [0.15, 0.2) is 30.3 Å². The molecule has 1 aliphatic rings. The fourth-order valence-corrected chi connectivity index (χ4v) is 3.03. The maximum atomic E-state index is 12.0. The van der Waals surface area contributed by atoms with Crippen LogP contribution in [0.4, 0.5) is 4.79 Å². The maximum absolute atomic E-state index is 12.0. The monoisotopic (exact) mass is 319 g/mol. The van der Waals surface area contributed by atoms with Crippen molar-refractivity contribution in [1.82, 2.24) is 15.5 Å². The molecule has 1 aromatic carbocycles. The van der Waals surface area contributed by atoms with Gasteiger partial charge in [0.15, 0.2) is 0 Å². The van der Waals surface area contributed by atoms with Crippen LogP contribution >= 0.6 is 0 Å². The Hall–Kier alpha value is -1.59. The van der Waals surface area contributed by atoms with Crippen molar-refractivity contribution < 1.29 is 9.90 Å². The molecule has 0 radical (unpaired) electrons. The zero-order valence-electron chi connectivity index (χ0n) is 14.0. The van der Waals surface area contributed by atoms with Crippen LogP contribution in [-0.2, 0) is 0 Å². The predicted molar refractivity (Wildman–Crippen MR) is 92.3 cm³/mol. The van der Waals surface area contributed by atoms with Crippen molar-refractivity contribution in [2.75, 3.05) is 32.8 Å². The van der Waals surface area contributed by atoms with Crippen molar-refractivity contribution in [2.45, 2.75) is 32.2 Å². The molecule has 5 heteroatoms. The van der Waals surface area contributed by atoms with Crippen molar-refractivity contribution in [3.8, 4) is 0 Å². The van der Waals surface area contributed by atoms with Crippen LogP contribution in [0.1, 0.15) is 37.8 Å². The van der Waals surface area contributed by atoms with E-state index < -0.39 is 0 Å². The highest BCUT2D eigenvalue weighted by Gasteiger charge is 2.23. The van der Waals surface area contributed by atoms with Crippen molar-refractivity contribution in [3.63, 3.8) is 0 Å². The van der Waals surface area contributed by atoms with Crippen LogP contribution in [0.25, 0.3) is 0 Å². The third kappa shape index (κ3) is 5.84. The topological polar surface area (TPSA) is 64.6 Å². The van der Waals surface area contributed by atoms with E-state index in [0.717, 1.165) is 13.1 Å². The summed E-state index contributed by atoms with van der Waals surface area (Å²) in [7, 11) is 0. The van der Waals surface area contributed by atoms with Crippen LogP contribution < -0.4 is 10.6 Å². The molecule has 2 amide bonds. The summed E-state index contributed by atoms with van der Waals surface area (Å²) in [5, 5.41) is 14.8. The van der Waals surface area contributed by atoms with Crippen molar-refractivity contribution in [2.24, 2.45) is 5.92 Å². The van der Waals surface area contributed by atoms with Gasteiger partial charge < -0.3 is 15.7 Å². The molecule has 3 N–H and O–H groups in total. The van der Waals surface area contributed by atoms with E-state index in [2.05, 4.69) is 39.8 Å². The summed E-state index contributed by atoms with van der Waals surface area (Å²) >= 11 is 0. The average Bonchev–Trinajstić information content (AvgIpc) is 3.09. The zero-order chi connectivity index (χ0) is 16.5. The smallest absolute Gasteiger partial charge is 0.314 e. The molecule has 2 rings (SSSR count). The van der Waals surface area contributed by atoms with Crippen molar-refractivity contribution in [3.05, 3.63) is 35.9 Å². The number of amides is 2. The number of nitrogens with one attached hydrogen (secondary N) is 2. The predicted octanol–water partition coefficient (Wildman–Crippen LogP) is 2.14. The van der Waals surface area contributed by atoms with E-state index in [-0.39, 0.29) is 24.6 Å². The van der Waals surface area contributed by atoms with Gasteiger partial charge in [0.25, 0.3) is 0 Å². The highest BCUT2D eigenvalue weighted by atomic mass is 16.3. The minimum atomic E-state index is -0.130. The summed E-state index contributed by atoms with van der Waals surface area (Å²) in [4.78, 5) is 14.4. The number of nitrogens with zero attached hydrogens (tertiary/aromatic N) is 1. The molecule has 2 atom stereocenters. The molecule has 1 saturated heterocycles. The number of benzene rings is 1. The Morgan fingerprint density at radius 1 is 1.17 bits per heavy atom. The van der Waals surface area contributed by atoms with E-state index in [1.165, 1.54) is 18.4 Å². The zero-order valence-corrected chi connectivity index (χ0v) is 14.0. The van der Waals surface area contributed by atoms with Gasteiger partial charge in [-0.15, -0.1) is 0 Å². The SMILES string of the molecule is CC(CCO)CNC(=O)NCC(c1ccccc1)N1CCCC1. The van der Waals surface area contributed by atoms with E-state index in [4.69, 9.17) is 5.11 Å². The number of hydrogen-bond acceptors (Lipinski definition) is 3. The molecule has 0 aliphatic carbocycles. The summed E-state index contributed by atoms with van der Waals surface area (Å²) in [5.41, 5.74) is 1.25. The van der Waals surface area contributed by atoms with Gasteiger partial charge >= 0.3 is 6.03 Å². The number of aliphatic hydroxyl groups excluding tert-OH is 1. The van der Waals surface area contributed by atoms with Gasteiger partial charge in [-0.2, -0.15) is 0 Å². The van der Waals surface area contributed by atoms with Crippen LogP contribution in [0.5, 0.6) is 0 Å². The Labute approximate surface area is 139 Å². The molecule has 23 heavy (non-hydrogen) atoms. The minimum Gasteiger partial charge on any atom is -0.396 e. The van der Waals surface area contributed by atoms with E-state index in [1.807, 2.05) is 13.0 Å². The standard InChI is InChI=1S/C18H29N3O2/c1-15(9-12-22)13-19-18(23)20-14-17(21-10-5-6-11-21)16-7-3-2-4-8-16/h2-4,7-8,15,17,22H,5-6,9-14H2,1H3,(H2,19,20,23). The molecule has 1 aliphatic heterocycles. The highest BCUT2D eigenvalue weighted by molar-refractivity contribution is 5.73. The lowest BCUT2D eigenvalue weighted by atomic mass is 10.1. The van der Waals surface area contributed by atoms with Gasteiger partial charge in [-0.3, -0.25) is 4.90 Å². The number of urea groups is 1. The number of carbonyl (C=O) groups is 1. The first kappa shape index (κ1) is 17.8. The van der Waals surface area contributed by atoms with Gasteiger partial charge in [0.1, 0.15) is 0 Å². The molecule has 0 saturated carbocycles. The largest absolute Gasteiger partial charge is 0.396 e.